The van der Waals surface area contributed by atoms with E-state index in [1.165, 1.54) is 19.0 Å². The molecule has 4 rings (SSSR count). The molecule has 0 fully saturated rings. The minimum absolute atomic E-state index is 0.0863. The van der Waals surface area contributed by atoms with Crippen molar-refractivity contribution >= 4 is 62.7 Å². The topological polar surface area (TPSA) is 182 Å². The molecule has 3 aliphatic carbocycles. The second-order valence-electron chi connectivity index (χ2n) is 9.03. The summed E-state index contributed by atoms with van der Waals surface area (Å²) in [6.45, 7) is 1.70. The van der Waals surface area contributed by atoms with Gasteiger partial charge in [-0.2, -0.15) is 0 Å². The Bertz CT molecular complexity index is 1240. The van der Waals surface area contributed by atoms with Gasteiger partial charge in [-0.1, -0.05) is 6.92 Å². The fourth-order valence-electron chi connectivity index (χ4n) is 5.68. The van der Waals surface area contributed by atoms with Crippen molar-refractivity contribution in [2.75, 3.05) is 14.1 Å². The van der Waals surface area contributed by atoms with Crippen LogP contribution in [0.2, 0.25) is 0 Å². The minimum Gasteiger partial charge on any atom is -0.510 e. The highest BCUT2D eigenvalue weighted by molar-refractivity contribution is 14.1. The first-order valence-corrected chi connectivity index (χ1v) is 12.4. The number of aromatic hydroxyl groups is 1. The summed E-state index contributed by atoms with van der Waals surface area (Å²) in [4.78, 5) is 40.3. The number of ketones is 2. The monoisotopic (exact) mass is 696 g/mol. The molecule has 0 bridgehead atoms. The van der Waals surface area contributed by atoms with Crippen LogP contribution in [-0.4, -0.2) is 79.7 Å². The Labute approximate surface area is 221 Å². The van der Waals surface area contributed by atoms with Crippen molar-refractivity contribution in [1.82, 2.24) is 4.90 Å². The first kappa shape index (κ1) is 25.3. The van der Waals surface area contributed by atoms with Gasteiger partial charge >= 0.3 is 0 Å². The molecule has 12 heteroatoms. The SMILES string of the molecule is C[C@H]1c2c(I)cc(I)c(O)c2C(=O)C2=C(O)[C@]3(O)C(=O)C(C(N)=O)=C(O)[C@@H](N(C)C)[C@@H]3[C@@H](O)[C@H]21. The Morgan fingerprint density at radius 1 is 1.15 bits per heavy atom. The number of Topliss-reactive ketones (excluding diaryl/α,β-unsaturated/α-hetero) is 2. The van der Waals surface area contributed by atoms with Gasteiger partial charge in [0.25, 0.3) is 5.91 Å². The van der Waals surface area contributed by atoms with Gasteiger partial charge in [-0.05, 0) is 76.8 Å². The first-order valence-electron chi connectivity index (χ1n) is 10.2. The molecule has 1 amide bonds. The van der Waals surface area contributed by atoms with Crippen molar-refractivity contribution < 1.29 is 39.9 Å². The number of phenols is 1. The number of benzene rings is 1. The molecule has 0 radical (unpaired) electrons. The van der Waals surface area contributed by atoms with Crippen LogP contribution in [0, 0.1) is 19.0 Å². The third-order valence-electron chi connectivity index (χ3n) is 7.13. The third kappa shape index (κ3) is 3.04. The Morgan fingerprint density at radius 3 is 2.26 bits per heavy atom. The summed E-state index contributed by atoms with van der Waals surface area (Å²) >= 11 is 3.88. The molecule has 34 heavy (non-hydrogen) atoms. The van der Waals surface area contributed by atoms with Gasteiger partial charge in [0.15, 0.2) is 11.4 Å². The molecular weight excluding hydrogens is 674 g/mol. The van der Waals surface area contributed by atoms with Gasteiger partial charge in [0.2, 0.25) is 5.78 Å². The number of hydrogen-bond acceptors (Lipinski definition) is 9. The number of carbonyl (C=O) groups is 3. The van der Waals surface area contributed by atoms with E-state index in [9.17, 15) is 39.9 Å². The molecule has 0 aromatic heterocycles. The van der Waals surface area contributed by atoms with Crippen LogP contribution in [0.1, 0.15) is 28.8 Å². The highest BCUT2D eigenvalue weighted by Crippen LogP contribution is 2.56. The van der Waals surface area contributed by atoms with Crippen molar-refractivity contribution in [3.05, 3.63) is 47.0 Å². The number of phenolic OH excluding ortho intramolecular Hbond substituents is 1. The lowest BCUT2D eigenvalue weighted by atomic mass is 9.55. The van der Waals surface area contributed by atoms with Gasteiger partial charge in [0.05, 0.1) is 27.2 Å². The lowest BCUT2D eigenvalue weighted by Crippen LogP contribution is -2.68. The molecule has 0 saturated heterocycles. The second-order valence-corrected chi connectivity index (χ2v) is 11.4. The van der Waals surface area contributed by atoms with E-state index in [1.54, 1.807) is 13.0 Å². The molecule has 0 unspecified atom stereocenters. The number of aliphatic hydroxyl groups excluding tert-OH is 3. The number of nitrogens with zero attached hydrogens (tertiary/aromatic N) is 1. The van der Waals surface area contributed by atoms with E-state index < -0.39 is 75.6 Å². The summed E-state index contributed by atoms with van der Waals surface area (Å²) in [6, 6.07) is 0.399. The van der Waals surface area contributed by atoms with Crippen LogP contribution in [0.25, 0.3) is 0 Å². The number of nitrogens with two attached hydrogens (primary N) is 1. The van der Waals surface area contributed by atoms with Crippen LogP contribution in [0.4, 0.5) is 0 Å². The van der Waals surface area contributed by atoms with Crippen molar-refractivity contribution in [2.24, 2.45) is 17.6 Å². The van der Waals surface area contributed by atoms with Crippen LogP contribution in [-0.2, 0) is 9.59 Å². The molecule has 7 N–H and O–H groups in total. The molecule has 182 valence electrons. The fraction of sp³-hybridized carbons (Fsp3) is 0.409. The molecule has 0 spiro atoms. The van der Waals surface area contributed by atoms with Gasteiger partial charge in [-0.3, -0.25) is 19.3 Å². The van der Waals surface area contributed by atoms with Crippen molar-refractivity contribution in [3.8, 4) is 5.75 Å². The summed E-state index contributed by atoms with van der Waals surface area (Å²) in [5.41, 5.74) is 1.43. The van der Waals surface area contributed by atoms with E-state index >= 15 is 0 Å². The zero-order chi connectivity index (χ0) is 25.6. The number of amides is 1. The van der Waals surface area contributed by atoms with Gasteiger partial charge in [-0.25, -0.2) is 0 Å². The number of rotatable bonds is 2. The van der Waals surface area contributed by atoms with Gasteiger partial charge in [0.1, 0.15) is 22.8 Å². The van der Waals surface area contributed by atoms with Crippen LogP contribution in [0.3, 0.4) is 0 Å². The molecule has 10 nitrogen and oxygen atoms in total. The molecule has 1 aromatic rings. The third-order valence-corrected chi connectivity index (χ3v) is 8.84. The summed E-state index contributed by atoms with van der Waals surface area (Å²) in [7, 11) is 2.98. The van der Waals surface area contributed by atoms with Gasteiger partial charge in [-0.15, -0.1) is 0 Å². The molecule has 0 heterocycles. The van der Waals surface area contributed by atoms with Crippen molar-refractivity contribution in [3.63, 3.8) is 0 Å². The molecule has 0 saturated carbocycles. The summed E-state index contributed by atoms with van der Waals surface area (Å²) in [5, 5.41) is 55.9. The van der Waals surface area contributed by atoms with E-state index in [0.717, 1.165) is 0 Å². The number of hydrogen-bond donors (Lipinski definition) is 6. The summed E-state index contributed by atoms with van der Waals surface area (Å²) in [5.74, 6) is -8.87. The number of aliphatic hydroxyl groups is 4. The van der Waals surface area contributed by atoms with E-state index in [4.69, 9.17) is 5.73 Å². The number of primary amides is 1. The Morgan fingerprint density at radius 2 is 1.74 bits per heavy atom. The number of carbonyl (C=O) groups excluding carboxylic acids is 3. The first-order chi connectivity index (χ1) is 15.7. The van der Waals surface area contributed by atoms with E-state index in [0.29, 0.717) is 12.7 Å². The average Bonchev–Trinajstić information content (AvgIpc) is 2.73. The smallest absolute Gasteiger partial charge is 0.255 e. The van der Waals surface area contributed by atoms with Crippen LogP contribution < -0.4 is 5.73 Å². The molecule has 6 atom stereocenters. The fourth-order valence-corrected chi connectivity index (χ4v) is 7.93. The number of fused-ring (bicyclic) bond motifs is 3. The zero-order valence-corrected chi connectivity index (χ0v) is 22.5. The summed E-state index contributed by atoms with van der Waals surface area (Å²) in [6.07, 6.45) is -1.60. The van der Waals surface area contributed by atoms with Crippen LogP contribution >= 0.6 is 45.2 Å². The average molecular weight is 696 g/mol. The Hall–Kier alpha value is -1.75. The largest absolute Gasteiger partial charge is 0.510 e. The highest BCUT2D eigenvalue weighted by atomic mass is 127. The number of halogens is 2. The van der Waals surface area contributed by atoms with Crippen molar-refractivity contribution in [1.29, 1.82) is 0 Å². The predicted octanol–water partition coefficient (Wildman–Crippen LogP) is 0.862. The lowest BCUT2D eigenvalue weighted by molar-refractivity contribution is -0.162. The van der Waals surface area contributed by atoms with Crippen molar-refractivity contribution in [2.45, 2.75) is 30.6 Å². The quantitative estimate of drug-likeness (QED) is 0.193. The standard InChI is InChI=1S/C22H22I2N2O8/c1-5-8-6(23)4-7(24)15(27)10(8)16(28)11-9(5)17(29)13-14(26(2)3)18(30)12(21(25)33)20(32)22(13,34)19(11)31/h4-5,9,13-14,17,27,29-31,34H,1-3H3,(H2,25,33)/t5-,9-,13+,14-,17-,22-/m0/s1. The maximum Gasteiger partial charge on any atom is 0.255 e. The van der Waals surface area contributed by atoms with E-state index in [1.807, 2.05) is 45.2 Å². The molecular formula is C22H22I2N2O8. The second kappa shape index (κ2) is 8.15. The molecule has 1 aromatic carbocycles. The molecule has 3 aliphatic rings. The van der Waals surface area contributed by atoms with E-state index in [2.05, 4.69) is 0 Å². The maximum absolute atomic E-state index is 13.6. The normalized spacial score (nSPS) is 33.1. The summed E-state index contributed by atoms with van der Waals surface area (Å²) < 4.78 is 1.04. The van der Waals surface area contributed by atoms with E-state index in [-0.39, 0.29) is 11.3 Å². The number of likely N-dealkylation sites (N-methyl/N-ethyl adjacent to an activating group) is 1. The zero-order valence-electron chi connectivity index (χ0n) is 18.2. The Balaban J connectivity index is 2.09. The highest BCUT2D eigenvalue weighted by Gasteiger charge is 2.67. The molecule has 0 aliphatic heterocycles. The lowest BCUT2D eigenvalue weighted by Gasteiger charge is -2.53. The van der Waals surface area contributed by atoms with Crippen LogP contribution in [0.15, 0.2) is 28.7 Å². The minimum atomic E-state index is -2.91. The Kier molecular flexibility index (Phi) is 6.07. The van der Waals surface area contributed by atoms with Crippen LogP contribution in [0.5, 0.6) is 5.75 Å². The van der Waals surface area contributed by atoms with Gasteiger partial charge < -0.3 is 31.3 Å². The maximum atomic E-state index is 13.6. The predicted molar refractivity (Wildman–Crippen MR) is 135 cm³/mol. The van der Waals surface area contributed by atoms with Gasteiger partial charge in [0, 0.05) is 15.1 Å².